The lowest BCUT2D eigenvalue weighted by Gasteiger charge is -2.09. The molecule has 5 N–H and O–H groups in total. The van der Waals surface area contributed by atoms with Gasteiger partial charge in [-0.1, -0.05) is 12.1 Å². The summed E-state index contributed by atoms with van der Waals surface area (Å²) in [5.74, 6) is 6.29. The van der Waals surface area contributed by atoms with Crippen LogP contribution in [-0.4, -0.2) is 20.2 Å². The molecule has 0 aliphatic heterocycles. The van der Waals surface area contributed by atoms with E-state index in [0.717, 1.165) is 15.5 Å². The number of hydrazine groups is 1. The summed E-state index contributed by atoms with van der Waals surface area (Å²) in [5, 5.41) is 10.7. The van der Waals surface area contributed by atoms with Gasteiger partial charge in [0, 0.05) is 4.47 Å². The molecule has 0 radical (unpaired) electrons. The first-order valence-electron chi connectivity index (χ1n) is 5.47. The summed E-state index contributed by atoms with van der Waals surface area (Å²) in [6, 6.07) is 7.75. The number of nitrogen functional groups attached to an aromatic ring is 1. The third-order valence-corrected chi connectivity index (χ3v) is 3.26. The average Bonchev–Trinajstić information content (AvgIpc) is 2.89. The molecule has 0 aliphatic rings. The number of hydrogen-bond acceptors (Lipinski definition) is 6. The number of H-pyrrole nitrogens is 1. The van der Waals surface area contributed by atoms with Gasteiger partial charge in [-0.25, -0.2) is 5.84 Å². The molecule has 0 aliphatic carbocycles. The van der Waals surface area contributed by atoms with Crippen LogP contribution in [0.3, 0.4) is 0 Å². The van der Waals surface area contributed by atoms with E-state index in [1.807, 2.05) is 24.3 Å². The number of hydrogen-bond donors (Lipinski definition) is 4. The molecule has 0 amide bonds. The first kappa shape index (κ1) is 11.9. The van der Waals surface area contributed by atoms with E-state index in [4.69, 9.17) is 5.84 Å². The molecule has 0 unspecified atom stereocenters. The zero-order chi connectivity index (χ0) is 13.2. The third kappa shape index (κ3) is 2.23. The largest absolute Gasteiger partial charge is 0.339 e. The van der Waals surface area contributed by atoms with Crippen molar-refractivity contribution in [3.63, 3.8) is 0 Å². The van der Waals surface area contributed by atoms with E-state index in [9.17, 15) is 0 Å². The Morgan fingerprint density at radius 3 is 2.84 bits per heavy atom. The van der Waals surface area contributed by atoms with Crippen molar-refractivity contribution in [2.45, 2.75) is 0 Å². The summed E-state index contributed by atoms with van der Waals surface area (Å²) in [4.78, 5) is 8.45. The number of rotatable bonds is 3. The highest BCUT2D eigenvalue weighted by molar-refractivity contribution is 9.10. The van der Waals surface area contributed by atoms with Crippen molar-refractivity contribution in [3.8, 4) is 0 Å². The quantitative estimate of drug-likeness (QED) is 0.435. The molecule has 3 rings (SSSR count). The number of benzene rings is 1. The molecular weight excluding hydrogens is 310 g/mol. The van der Waals surface area contributed by atoms with Crippen molar-refractivity contribution in [3.05, 3.63) is 34.9 Å². The Morgan fingerprint density at radius 1 is 1.21 bits per heavy atom. The second kappa shape index (κ2) is 4.82. The summed E-state index contributed by atoms with van der Waals surface area (Å²) >= 11 is 3.47. The van der Waals surface area contributed by atoms with Crippen molar-refractivity contribution in [2.75, 3.05) is 10.7 Å². The van der Waals surface area contributed by atoms with Gasteiger partial charge >= 0.3 is 0 Å². The number of para-hydroxylation sites is 1. The van der Waals surface area contributed by atoms with Gasteiger partial charge in [0.25, 0.3) is 0 Å². The zero-order valence-corrected chi connectivity index (χ0v) is 11.3. The number of nitrogens with one attached hydrogen (secondary N) is 3. The minimum atomic E-state index is 0.311. The molecule has 96 valence electrons. The third-order valence-electron chi connectivity index (χ3n) is 2.57. The number of halogens is 1. The van der Waals surface area contributed by atoms with Crippen molar-refractivity contribution < 1.29 is 0 Å². The Hall–Kier alpha value is -2.19. The molecule has 1 aromatic carbocycles. The topological polar surface area (TPSA) is 105 Å². The van der Waals surface area contributed by atoms with Gasteiger partial charge in [-0.2, -0.15) is 15.1 Å². The first-order valence-corrected chi connectivity index (χ1v) is 6.26. The molecule has 8 heteroatoms. The predicted molar refractivity (Wildman–Crippen MR) is 76.9 cm³/mol. The molecule has 2 heterocycles. The Labute approximate surface area is 116 Å². The highest BCUT2D eigenvalue weighted by Crippen LogP contribution is 2.28. The van der Waals surface area contributed by atoms with E-state index in [2.05, 4.69) is 46.8 Å². The fraction of sp³-hybridized carbons (Fsp3) is 0. The number of nitrogens with zero attached hydrogens (tertiary/aromatic N) is 3. The van der Waals surface area contributed by atoms with Crippen molar-refractivity contribution in [2.24, 2.45) is 5.84 Å². The molecule has 0 atom stereocenters. The molecule has 2 aromatic heterocycles. The van der Waals surface area contributed by atoms with Crippen LogP contribution in [0.4, 0.5) is 17.5 Å². The number of fused-ring (bicyclic) bond motifs is 1. The summed E-state index contributed by atoms with van der Waals surface area (Å²) in [6.07, 6.45) is 1.66. The van der Waals surface area contributed by atoms with Gasteiger partial charge in [-0.15, -0.1) is 0 Å². The molecule has 0 saturated heterocycles. The maximum Gasteiger partial charge on any atom is 0.241 e. The summed E-state index contributed by atoms with van der Waals surface area (Å²) < 4.78 is 0.938. The van der Waals surface area contributed by atoms with Crippen molar-refractivity contribution in [1.82, 2.24) is 20.2 Å². The fourth-order valence-corrected chi connectivity index (χ4v) is 2.07. The molecule has 19 heavy (non-hydrogen) atoms. The molecule has 0 bridgehead atoms. The number of aromatic amines is 1. The van der Waals surface area contributed by atoms with Crippen LogP contribution in [0, 0.1) is 0 Å². The standard InChI is InChI=1S/C11H10BrN7/c12-7-3-1-2-4-8(7)15-9-6-5-14-19-10(6)17-11(16-9)18-13/h1-5H,13H2,(H3,14,15,16,17,18,19). The van der Waals surface area contributed by atoms with Gasteiger partial charge in [-0.3, -0.25) is 10.5 Å². The zero-order valence-electron chi connectivity index (χ0n) is 9.68. The normalized spacial score (nSPS) is 10.6. The molecule has 3 aromatic rings. The summed E-state index contributed by atoms with van der Waals surface area (Å²) in [6.45, 7) is 0. The van der Waals surface area contributed by atoms with Crippen LogP contribution in [0.5, 0.6) is 0 Å². The minimum Gasteiger partial charge on any atom is -0.339 e. The monoisotopic (exact) mass is 319 g/mol. The van der Waals surface area contributed by atoms with Gasteiger partial charge < -0.3 is 5.32 Å². The second-order valence-corrected chi connectivity index (χ2v) is 4.63. The summed E-state index contributed by atoms with van der Waals surface area (Å²) in [7, 11) is 0. The van der Waals surface area contributed by atoms with E-state index in [1.165, 1.54) is 0 Å². The lowest BCUT2D eigenvalue weighted by Crippen LogP contribution is -2.11. The van der Waals surface area contributed by atoms with Gasteiger partial charge in [0.1, 0.15) is 5.82 Å². The van der Waals surface area contributed by atoms with E-state index in [-0.39, 0.29) is 0 Å². The minimum absolute atomic E-state index is 0.311. The van der Waals surface area contributed by atoms with Gasteiger partial charge in [0.05, 0.1) is 17.3 Å². The summed E-state index contributed by atoms with van der Waals surface area (Å²) in [5.41, 5.74) is 3.93. The van der Waals surface area contributed by atoms with E-state index < -0.39 is 0 Å². The van der Waals surface area contributed by atoms with Gasteiger partial charge in [0.15, 0.2) is 5.65 Å². The molecule has 0 fully saturated rings. The fourth-order valence-electron chi connectivity index (χ4n) is 1.68. The van der Waals surface area contributed by atoms with Crippen LogP contribution in [0.25, 0.3) is 11.0 Å². The van der Waals surface area contributed by atoms with Crippen LogP contribution in [0.1, 0.15) is 0 Å². The van der Waals surface area contributed by atoms with Gasteiger partial charge in [0.2, 0.25) is 5.95 Å². The van der Waals surface area contributed by atoms with E-state index in [0.29, 0.717) is 17.4 Å². The maximum atomic E-state index is 5.36. The SMILES string of the molecule is NNc1nc(Nc2ccccc2Br)c2cn[nH]c2n1. The number of nitrogens with two attached hydrogens (primary N) is 1. The number of aromatic nitrogens is 4. The predicted octanol–water partition coefficient (Wildman–Crippen LogP) is 2.14. The smallest absolute Gasteiger partial charge is 0.241 e. The highest BCUT2D eigenvalue weighted by atomic mass is 79.9. The van der Waals surface area contributed by atoms with Gasteiger partial charge in [-0.05, 0) is 28.1 Å². The second-order valence-electron chi connectivity index (χ2n) is 3.78. The lowest BCUT2D eigenvalue weighted by atomic mass is 10.3. The van der Waals surface area contributed by atoms with Crippen LogP contribution < -0.4 is 16.6 Å². The Bertz CT molecular complexity index is 724. The molecular formula is C11H10BrN7. The number of anilines is 3. The van der Waals surface area contributed by atoms with E-state index >= 15 is 0 Å². The van der Waals surface area contributed by atoms with Crippen LogP contribution >= 0.6 is 15.9 Å². The van der Waals surface area contributed by atoms with Crippen LogP contribution in [-0.2, 0) is 0 Å². The van der Waals surface area contributed by atoms with Crippen LogP contribution in [0.15, 0.2) is 34.9 Å². The maximum absolute atomic E-state index is 5.36. The Morgan fingerprint density at radius 2 is 2.05 bits per heavy atom. The van der Waals surface area contributed by atoms with Crippen molar-refractivity contribution >= 4 is 44.4 Å². The van der Waals surface area contributed by atoms with E-state index in [1.54, 1.807) is 6.20 Å². The Kier molecular flexibility index (Phi) is 3.02. The van der Waals surface area contributed by atoms with Crippen LogP contribution in [0.2, 0.25) is 0 Å². The van der Waals surface area contributed by atoms with Crippen molar-refractivity contribution in [1.29, 1.82) is 0 Å². The average molecular weight is 320 g/mol. The highest BCUT2D eigenvalue weighted by Gasteiger charge is 2.10. The lowest BCUT2D eigenvalue weighted by molar-refractivity contribution is 1.08. The first-order chi connectivity index (χ1) is 9.28. The molecule has 0 saturated carbocycles. The molecule has 7 nitrogen and oxygen atoms in total. The Balaban J connectivity index is 2.09. The molecule has 0 spiro atoms.